The van der Waals surface area contributed by atoms with Crippen LogP contribution in [-0.4, -0.2) is 11.9 Å². The van der Waals surface area contributed by atoms with Crippen LogP contribution in [0.4, 0.5) is 0 Å². The molecule has 2 heterocycles. The summed E-state index contributed by atoms with van der Waals surface area (Å²) in [6, 6.07) is 17.8. The van der Waals surface area contributed by atoms with Crippen LogP contribution in [0.2, 0.25) is 0 Å². The van der Waals surface area contributed by atoms with Gasteiger partial charge in [-0.05, 0) is 60.2 Å². The Morgan fingerprint density at radius 2 is 1.91 bits per heavy atom. The number of nitrogens with zero attached hydrogens (tertiary/aromatic N) is 1. The van der Waals surface area contributed by atoms with Gasteiger partial charge in [0.2, 0.25) is 0 Å². The van der Waals surface area contributed by atoms with Crippen LogP contribution in [0, 0.1) is 11.3 Å². The van der Waals surface area contributed by atoms with E-state index < -0.39 is 17.5 Å². The number of nitrogens with one attached hydrogen (secondary N) is 1. The number of nitriles is 1. The summed E-state index contributed by atoms with van der Waals surface area (Å²) < 4.78 is 16.4. The molecule has 0 aliphatic carbocycles. The summed E-state index contributed by atoms with van der Waals surface area (Å²) in [5, 5.41) is 12.5. The van der Waals surface area contributed by atoms with E-state index in [2.05, 4.69) is 21.2 Å². The molecule has 9 heteroatoms. The highest BCUT2D eigenvalue weighted by molar-refractivity contribution is 9.10. The average Bonchev–Trinajstić information content (AvgIpc) is 3.35. The quantitative estimate of drug-likeness (QED) is 0.130. The van der Waals surface area contributed by atoms with Gasteiger partial charge in [-0.3, -0.25) is 4.79 Å². The Bertz CT molecular complexity index is 1500. The smallest absolute Gasteiger partial charge is 0.351 e. The molecular weight excluding hydrogens is 504 g/mol. The standard InChI is InChI=1S/C25H15BrN2O6/c26-18-5-8-22-16(11-18)12-21(25(31)34-22)24(30)33-19-6-3-15(4-7-19)10-17(13-27)23(29)28-14-20-2-1-9-32-20/h1-12H,14H2,(H,28,29)/b17-10+. The predicted octanol–water partition coefficient (Wildman–Crippen LogP) is 4.59. The molecule has 0 bridgehead atoms. The summed E-state index contributed by atoms with van der Waals surface area (Å²) in [5.74, 6) is -0.681. The van der Waals surface area contributed by atoms with Crippen molar-refractivity contribution >= 4 is 44.9 Å². The summed E-state index contributed by atoms with van der Waals surface area (Å²) >= 11 is 3.33. The predicted molar refractivity (Wildman–Crippen MR) is 126 cm³/mol. The normalized spacial score (nSPS) is 11.1. The number of hydrogen-bond acceptors (Lipinski definition) is 7. The summed E-state index contributed by atoms with van der Waals surface area (Å²) in [5.41, 5.74) is -0.258. The highest BCUT2D eigenvalue weighted by Crippen LogP contribution is 2.21. The number of carbonyl (C=O) groups excluding carboxylic acids is 2. The van der Waals surface area contributed by atoms with E-state index in [4.69, 9.17) is 13.6 Å². The highest BCUT2D eigenvalue weighted by Gasteiger charge is 2.16. The lowest BCUT2D eigenvalue weighted by Gasteiger charge is -2.06. The Morgan fingerprint density at radius 1 is 1.12 bits per heavy atom. The van der Waals surface area contributed by atoms with Crippen molar-refractivity contribution < 1.29 is 23.2 Å². The number of esters is 1. The Hall–Kier alpha value is -4.42. The fraction of sp³-hybridized carbons (Fsp3) is 0.0400. The van der Waals surface area contributed by atoms with Gasteiger partial charge in [0, 0.05) is 9.86 Å². The molecule has 4 aromatic rings. The minimum absolute atomic E-state index is 0.101. The van der Waals surface area contributed by atoms with Gasteiger partial charge >= 0.3 is 11.6 Å². The second-order valence-corrected chi connectivity index (χ2v) is 7.94. The minimum Gasteiger partial charge on any atom is -0.467 e. The van der Waals surface area contributed by atoms with E-state index in [9.17, 15) is 19.6 Å². The van der Waals surface area contributed by atoms with Crippen molar-refractivity contribution in [3.8, 4) is 11.8 Å². The van der Waals surface area contributed by atoms with Gasteiger partial charge in [-0.25, -0.2) is 9.59 Å². The highest BCUT2D eigenvalue weighted by atomic mass is 79.9. The largest absolute Gasteiger partial charge is 0.467 e. The summed E-state index contributed by atoms with van der Waals surface area (Å²) in [6.45, 7) is 0.152. The average molecular weight is 519 g/mol. The molecule has 2 aromatic carbocycles. The topological polar surface area (TPSA) is 123 Å². The SMILES string of the molecule is N#C/C(=C\c1ccc(OC(=O)c2cc3cc(Br)ccc3oc2=O)cc1)C(=O)NCc1ccco1. The molecule has 1 N–H and O–H groups in total. The van der Waals surface area contributed by atoms with Gasteiger partial charge in [0.25, 0.3) is 5.91 Å². The van der Waals surface area contributed by atoms with Gasteiger partial charge < -0.3 is 18.9 Å². The number of carbonyl (C=O) groups is 2. The molecule has 0 aliphatic rings. The lowest BCUT2D eigenvalue weighted by atomic mass is 10.1. The molecule has 0 saturated heterocycles. The molecule has 0 spiro atoms. The van der Waals surface area contributed by atoms with Gasteiger partial charge in [-0.15, -0.1) is 0 Å². The summed E-state index contributed by atoms with van der Waals surface area (Å²) in [7, 11) is 0. The van der Waals surface area contributed by atoms with Gasteiger partial charge in [-0.2, -0.15) is 5.26 Å². The molecule has 0 saturated carbocycles. The first-order valence-electron chi connectivity index (χ1n) is 9.91. The second kappa shape index (κ2) is 10.0. The van der Waals surface area contributed by atoms with E-state index in [-0.39, 0.29) is 23.4 Å². The third-order valence-corrected chi connectivity index (χ3v) is 5.18. The first-order chi connectivity index (χ1) is 16.4. The summed E-state index contributed by atoms with van der Waals surface area (Å²) in [6.07, 6.45) is 2.89. The fourth-order valence-electron chi connectivity index (χ4n) is 3.02. The van der Waals surface area contributed by atoms with E-state index in [1.807, 2.05) is 6.07 Å². The first kappa shape index (κ1) is 22.8. The Kier molecular flexibility index (Phi) is 6.71. The third-order valence-electron chi connectivity index (χ3n) is 4.68. The number of rotatable bonds is 6. The molecule has 0 unspecified atom stereocenters. The van der Waals surface area contributed by atoms with Crippen LogP contribution in [0.3, 0.4) is 0 Å². The maximum Gasteiger partial charge on any atom is 0.351 e. The molecule has 0 atom stereocenters. The molecule has 2 aromatic heterocycles. The molecule has 0 radical (unpaired) electrons. The maximum atomic E-state index is 12.5. The number of halogens is 1. The zero-order valence-electron chi connectivity index (χ0n) is 17.4. The van der Waals surface area contributed by atoms with E-state index >= 15 is 0 Å². The van der Waals surface area contributed by atoms with E-state index in [0.717, 1.165) is 4.47 Å². The van der Waals surface area contributed by atoms with Gasteiger partial charge in [0.05, 0.1) is 12.8 Å². The lowest BCUT2D eigenvalue weighted by molar-refractivity contribution is -0.117. The zero-order valence-corrected chi connectivity index (χ0v) is 19.0. The van der Waals surface area contributed by atoms with Crippen molar-refractivity contribution in [2.24, 2.45) is 0 Å². The maximum absolute atomic E-state index is 12.5. The van der Waals surface area contributed by atoms with E-state index in [1.54, 1.807) is 42.5 Å². The van der Waals surface area contributed by atoms with Crippen LogP contribution in [0.1, 0.15) is 21.7 Å². The fourth-order valence-corrected chi connectivity index (χ4v) is 3.40. The van der Waals surface area contributed by atoms with Gasteiger partial charge in [0.15, 0.2) is 0 Å². The molecular formula is C25H15BrN2O6. The lowest BCUT2D eigenvalue weighted by Crippen LogP contribution is -2.23. The van der Waals surface area contributed by atoms with Crippen LogP contribution in [-0.2, 0) is 11.3 Å². The van der Waals surface area contributed by atoms with Gasteiger partial charge in [-0.1, -0.05) is 28.1 Å². The van der Waals surface area contributed by atoms with Crippen LogP contribution in [0.15, 0.2) is 90.6 Å². The number of fused-ring (bicyclic) bond motifs is 1. The number of amides is 1. The van der Waals surface area contributed by atoms with Crippen molar-refractivity contribution in [3.63, 3.8) is 0 Å². The Labute approximate surface area is 201 Å². The van der Waals surface area contributed by atoms with Gasteiger partial charge in [0.1, 0.15) is 34.3 Å². The second-order valence-electron chi connectivity index (χ2n) is 7.02. The Balaban J connectivity index is 1.46. The first-order valence-corrected chi connectivity index (χ1v) is 10.7. The molecule has 0 aliphatic heterocycles. The Morgan fingerprint density at radius 3 is 2.62 bits per heavy atom. The van der Waals surface area contributed by atoms with Crippen LogP contribution in [0.5, 0.6) is 5.75 Å². The van der Waals surface area contributed by atoms with E-state index in [0.29, 0.717) is 22.3 Å². The summed E-state index contributed by atoms with van der Waals surface area (Å²) in [4.78, 5) is 36.9. The third kappa shape index (κ3) is 5.31. The molecule has 8 nitrogen and oxygen atoms in total. The van der Waals surface area contributed by atoms with Crippen molar-refractivity contribution in [1.29, 1.82) is 5.26 Å². The van der Waals surface area contributed by atoms with Crippen LogP contribution >= 0.6 is 15.9 Å². The number of benzene rings is 2. The van der Waals surface area contributed by atoms with Crippen molar-refractivity contribution in [1.82, 2.24) is 5.32 Å². The number of hydrogen-bond donors (Lipinski definition) is 1. The van der Waals surface area contributed by atoms with Crippen LogP contribution in [0.25, 0.3) is 17.0 Å². The monoisotopic (exact) mass is 518 g/mol. The minimum atomic E-state index is -0.867. The molecule has 4 rings (SSSR count). The van der Waals surface area contributed by atoms with Crippen LogP contribution < -0.4 is 15.7 Å². The van der Waals surface area contributed by atoms with E-state index in [1.165, 1.54) is 30.5 Å². The molecule has 34 heavy (non-hydrogen) atoms. The van der Waals surface area contributed by atoms with Crippen molar-refractivity contribution in [2.75, 3.05) is 0 Å². The van der Waals surface area contributed by atoms with Crippen molar-refractivity contribution in [3.05, 3.63) is 104 Å². The molecule has 168 valence electrons. The molecule has 1 amide bonds. The number of ether oxygens (including phenoxy) is 1. The van der Waals surface area contributed by atoms with Crippen molar-refractivity contribution in [2.45, 2.75) is 6.54 Å². The zero-order chi connectivity index (χ0) is 24.1. The molecule has 0 fully saturated rings. The number of furan rings is 1.